The van der Waals surface area contributed by atoms with Gasteiger partial charge in [0.25, 0.3) is 0 Å². The third-order valence-corrected chi connectivity index (χ3v) is 15.5. The second kappa shape index (κ2) is 35.4. The Morgan fingerprint density at radius 2 is 0.491 bits per heavy atom. The van der Waals surface area contributed by atoms with E-state index >= 15 is 0 Å². The van der Waals surface area contributed by atoms with Crippen molar-refractivity contribution in [3.05, 3.63) is 271 Å². The normalized spacial score (nSPS) is 10.3. The number of aromatic carboxylic acids is 6. The van der Waals surface area contributed by atoms with Crippen LogP contribution in [-0.4, -0.2) is 179 Å². The molecule has 19 N–H and O–H groups in total. The lowest BCUT2D eigenvalue weighted by atomic mass is 9.96. The Morgan fingerprint density at radius 3 is 0.769 bits per heavy atom. The molecule has 10 aromatic carbocycles. The highest BCUT2D eigenvalue weighted by Crippen LogP contribution is 2.34. The van der Waals surface area contributed by atoms with Gasteiger partial charge in [0, 0.05) is 102 Å². The zero-order valence-electron chi connectivity index (χ0n) is 56.8. The monoisotopic (exact) mass is 1480 g/mol. The van der Waals surface area contributed by atoms with Crippen LogP contribution in [0.25, 0.3) is 0 Å². The van der Waals surface area contributed by atoms with E-state index in [2.05, 4.69) is 0 Å². The van der Waals surface area contributed by atoms with Crippen molar-refractivity contribution in [2.75, 3.05) is 42.7 Å². The highest BCUT2D eigenvalue weighted by atomic mass is 16.4. The first-order valence-corrected chi connectivity index (χ1v) is 31.1. The lowest BCUT2D eigenvalue weighted by Crippen LogP contribution is -2.22. The predicted molar refractivity (Wildman–Crippen MR) is 384 cm³/mol. The molecule has 0 spiro atoms. The van der Waals surface area contributed by atoms with Crippen LogP contribution in [-0.2, 0) is 0 Å². The van der Waals surface area contributed by atoms with Crippen LogP contribution >= 0.6 is 0 Å². The molecule has 0 bridgehead atoms. The molecule has 0 saturated heterocycles. The summed E-state index contributed by atoms with van der Waals surface area (Å²) in [5, 5.41) is 159. The Kier molecular flexibility index (Phi) is 26.8. The minimum atomic E-state index is -1.47. The highest BCUT2D eigenvalue weighted by molar-refractivity contribution is 6.19. The van der Waals surface area contributed by atoms with Crippen LogP contribution in [0.15, 0.2) is 182 Å². The fourth-order valence-corrected chi connectivity index (χ4v) is 10.1. The number of aromatic hydroxyl groups is 11. The van der Waals surface area contributed by atoms with Crippen molar-refractivity contribution >= 4 is 81.8 Å². The minimum absolute atomic E-state index is 0.0144. The van der Waals surface area contributed by atoms with E-state index < -0.39 is 99.0 Å². The molecule has 0 heterocycles. The van der Waals surface area contributed by atoms with Crippen LogP contribution in [0, 0.1) is 0 Å². The van der Waals surface area contributed by atoms with E-state index in [0.717, 1.165) is 66.7 Å². The maximum absolute atomic E-state index is 12.6. The van der Waals surface area contributed by atoms with E-state index in [9.17, 15) is 119 Å². The van der Waals surface area contributed by atoms with Crippen molar-refractivity contribution in [2.24, 2.45) is 0 Å². The average Bonchev–Trinajstić information content (AvgIpc) is 0.836. The zero-order valence-corrected chi connectivity index (χ0v) is 56.8. The van der Waals surface area contributed by atoms with Gasteiger partial charge >= 0.3 is 35.8 Å². The number of benzene rings is 10. The maximum atomic E-state index is 12.6. The average molecular weight is 1480 g/mol. The maximum Gasteiger partial charge on any atom is 0.336 e. The molecule has 0 amide bonds. The number of ketones is 5. The van der Waals surface area contributed by atoms with Crippen molar-refractivity contribution in [3.8, 4) is 63.2 Å². The summed E-state index contributed by atoms with van der Waals surface area (Å²) in [6.45, 7) is 5.33. The number of nitrogen functional groups attached to an aromatic ring is 1. The molecule has 0 aliphatic heterocycles. The number of carboxylic acid groups (broad SMARTS) is 6. The van der Waals surface area contributed by atoms with E-state index in [-0.39, 0.29) is 124 Å². The van der Waals surface area contributed by atoms with Gasteiger partial charge in [-0.1, -0.05) is 0 Å². The number of nitrogens with two attached hydrogens (primary N) is 1. The Balaban J connectivity index is 0.000000211. The van der Waals surface area contributed by atoms with Crippen LogP contribution in [0.2, 0.25) is 0 Å². The number of nitrogens with zero attached hydrogens (tertiary/aromatic N) is 2. The van der Waals surface area contributed by atoms with E-state index in [4.69, 9.17) is 26.2 Å². The molecule has 0 radical (unpaired) electrons. The van der Waals surface area contributed by atoms with Crippen molar-refractivity contribution in [1.29, 1.82) is 0 Å². The molecule has 10 rings (SSSR count). The Hall–Kier alpha value is -15.4. The summed E-state index contributed by atoms with van der Waals surface area (Å²) in [6, 6.07) is 36.4. The topological polar surface area (TPSA) is 564 Å². The van der Waals surface area contributed by atoms with Gasteiger partial charge in [-0.05, 0) is 166 Å². The molecule has 31 heteroatoms. The second-order valence-electron chi connectivity index (χ2n) is 22.8. The van der Waals surface area contributed by atoms with Gasteiger partial charge in [0.1, 0.15) is 63.2 Å². The summed E-state index contributed by atoms with van der Waals surface area (Å²) in [5.74, 6) is -14.9. The number of phenols is 11. The van der Waals surface area contributed by atoms with E-state index in [1.165, 1.54) is 103 Å². The quantitative estimate of drug-likeness (QED) is 0.0249. The first kappa shape index (κ1) is 81.5. The first-order valence-electron chi connectivity index (χ1n) is 31.1. The van der Waals surface area contributed by atoms with Gasteiger partial charge in [-0.15, -0.1) is 0 Å². The first-order chi connectivity index (χ1) is 50.8. The van der Waals surface area contributed by atoms with Crippen LogP contribution in [0.1, 0.15) is 156 Å². The number of anilines is 3. The van der Waals surface area contributed by atoms with Crippen molar-refractivity contribution in [2.45, 2.75) is 13.8 Å². The van der Waals surface area contributed by atoms with E-state index in [1.54, 1.807) is 31.1 Å². The summed E-state index contributed by atoms with van der Waals surface area (Å²) in [6.07, 6.45) is 0. The molecule has 0 atom stereocenters. The Labute approximate surface area is 609 Å². The standard InChI is InChI=1S/C18H19NO5.C16H15NO5.C15H10O7.C14H11NO5.C14H10O6/c1-3-19(4-2)11-5-7-13(15(9-11)18(23)24)17(22)14-8-6-12(20)10-16(14)21;1-17(2)9-3-5-11(13(7-9)16(21)22)15(20)12-6-4-10(18)8-14(12)19;16-8-2-4-10(12(17)6-8)13(18)9-3-1-7(14(19)20)5-11(9)15(21)22;2*15-7-1-3-9(11(5-7)14(19)20)13(18)10-4-2-8(16)6-12(10)17/h5-10,20-21H,3-4H2,1-2H3,(H,23,24);3-8,18-19H,1-2H3,(H,21,22);1-6,16-17H,(H,19,20)(H,21,22);1-6,16-17H,15H2,(H,19,20);1-6,15-17H,(H,19,20). The van der Waals surface area contributed by atoms with Crippen LogP contribution < -0.4 is 15.5 Å². The van der Waals surface area contributed by atoms with Gasteiger partial charge in [0.2, 0.25) is 0 Å². The Morgan fingerprint density at radius 1 is 0.259 bits per heavy atom. The largest absolute Gasteiger partial charge is 0.508 e. The SMILES string of the molecule is CCN(CC)c1ccc(C(=O)c2ccc(O)cc2O)c(C(=O)O)c1.CN(C)c1ccc(C(=O)c2ccc(O)cc2O)c(C(=O)O)c1.Nc1ccc(C(=O)c2ccc(O)cc2O)c(C(=O)O)c1.O=C(O)c1cc(O)ccc1C(=O)c1ccc(O)cc1O.O=C(O)c1ccc(C(=O)c2ccc(O)cc2O)c(C(=O)O)c1. The molecule has 0 aromatic heterocycles. The lowest BCUT2D eigenvalue weighted by Gasteiger charge is -2.22. The summed E-state index contributed by atoms with van der Waals surface area (Å²) < 4.78 is 0. The minimum Gasteiger partial charge on any atom is -0.508 e. The number of phenolic OH excluding ortho intramolecular Hbond substituents is 11. The van der Waals surface area contributed by atoms with Crippen molar-refractivity contribution in [1.82, 2.24) is 0 Å². The molecule has 0 aliphatic carbocycles. The molecule has 108 heavy (non-hydrogen) atoms. The molecule has 0 unspecified atom stereocenters. The van der Waals surface area contributed by atoms with E-state index in [0.29, 0.717) is 24.5 Å². The summed E-state index contributed by atoms with van der Waals surface area (Å²) >= 11 is 0. The number of carboxylic acids is 6. The smallest absolute Gasteiger partial charge is 0.336 e. The number of carbonyl (C=O) groups excluding carboxylic acids is 5. The predicted octanol–water partition coefficient (Wildman–Crippen LogP) is 10.0. The Bertz CT molecular complexity index is 5110. The number of hydrogen-bond acceptors (Lipinski definition) is 25. The van der Waals surface area contributed by atoms with Crippen LogP contribution in [0.5, 0.6) is 63.2 Å². The molecule has 0 aliphatic rings. The van der Waals surface area contributed by atoms with Gasteiger partial charge in [-0.3, -0.25) is 24.0 Å². The molecular weight excluding hydrogens is 1410 g/mol. The van der Waals surface area contributed by atoms with Gasteiger partial charge in [0.05, 0.1) is 61.2 Å². The fraction of sp³-hybridized carbons (Fsp3) is 0.0779. The van der Waals surface area contributed by atoms with Crippen LogP contribution in [0.3, 0.4) is 0 Å². The molecule has 10 aromatic rings. The van der Waals surface area contributed by atoms with Crippen molar-refractivity contribution in [3.63, 3.8) is 0 Å². The molecule has 31 nitrogen and oxygen atoms in total. The lowest BCUT2D eigenvalue weighted by molar-refractivity contribution is 0.0677. The fourth-order valence-electron chi connectivity index (χ4n) is 10.1. The molecule has 0 fully saturated rings. The number of carbonyl (C=O) groups is 11. The summed E-state index contributed by atoms with van der Waals surface area (Å²) in [7, 11) is 3.52. The third-order valence-electron chi connectivity index (χ3n) is 15.5. The van der Waals surface area contributed by atoms with Gasteiger partial charge in [0.15, 0.2) is 28.9 Å². The second-order valence-corrected chi connectivity index (χ2v) is 22.8. The summed E-state index contributed by atoms with van der Waals surface area (Å²) in [4.78, 5) is 133. The van der Waals surface area contributed by atoms with Gasteiger partial charge < -0.3 is 102 Å². The van der Waals surface area contributed by atoms with Gasteiger partial charge in [-0.25, -0.2) is 28.8 Å². The van der Waals surface area contributed by atoms with E-state index in [1.807, 2.05) is 18.7 Å². The number of hydrogen-bond donors (Lipinski definition) is 18. The number of rotatable bonds is 20. The molecular formula is C77H65N3O28. The summed E-state index contributed by atoms with van der Waals surface area (Å²) in [5.41, 5.74) is 4.25. The zero-order chi connectivity index (χ0) is 80.5. The highest BCUT2D eigenvalue weighted by Gasteiger charge is 2.27. The third kappa shape index (κ3) is 20.0. The van der Waals surface area contributed by atoms with Gasteiger partial charge in [-0.2, -0.15) is 0 Å². The van der Waals surface area contributed by atoms with Crippen molar-refractivity contribution < 1.29 is 140 Å². The molecule has 0 saturated carbocycles. The van der Waals surface area contributed by atoms with Crippen LogP contribution in [0.4, 0.5) is 17.1 Å². The molecule has 556 valence electrons.